The minimum absolute atomic E-state index is 0.193. The van der Waals surface area contributed by atoms with Gasteiger partial charge in [-0.25, -0.2) is 4.39 Å². The Kier molecular flexibility index (Phi) is 4.72. The number of furan rings is 1. The molecule has 0 spiro atoms. The molecule has 0 atom stereocenters. The van der Waals surface area contributed by atoms with E-state index in [0.717, 1.165) is 10.9 Å². The minimum atomic E-state index is -0.473. The molecule has 1 heterocycles. The number of aliphatic hydroxyl groups is 1. The van der Waals surface area contributed by atoms with Gasteiger partial charge in [0.25, 0.3) is 5.91 Å². The number of carbonyl (C=O) groups is 1. The Morgan fingerprint density at radius 2 is 2.08 bits per heavy atom. The normalized spacial score (nSPS) is 10.9. The number of fused-ring (bicyclic) bond motifs is 1. The molecule has 0 saturated heterocycles. The number of rotatable bonds is 5. The van der Waals surface area contributed by atoms with Gasteiger partial charge in [-0.3, -0.25) is 4.79 Å². The molecule has 0 unspecified atom stereocenters. The highest BCUT2D eigenvalue weighted by molar-refractivity contribution is 5.99. The maximum absolute atomic E-state index is 13.4. The van der Waals surface area contributed by atoms with E-state index >= 15 is 0 Å². The van der Waals surface area contributed by atoms with E-state index in [4.69, 9.17) is 14.3 Å². The van der Waals surface area contributed by atoms with Gasteiger partial charge in [-0.2, -0.15) is 0 Å². The van der Waals surface area contributed by atoms with Gasteiger partial charge >= 0.3 is 0 Å². The first-order valence-electron chi connectivity index (χ1n) is 7.77. The van der Waals surface area contributed by atoms with E-state index in [1.54, 1.807) is 25.3 Å². The smallest absolute Gasteiger partial charge is 0.287 e. The van der Waals surface area contributed by atoms with E-state index < -0.39 is 12.4 Å². The molecular weight excluding hydrogens is 325 g/mol. The largest absolute Gasteiger partial charge is 0.497 e. The molecule has 2 N–H and O–H groups in total. The number of methoxy groups -OCH3 is 1. The summed E-state index contributed by atoms with van der Waals surface area (Å²) in [6.07, 6.45) is 0. The number of carbonyl (C=O) groups excluding carboxylic acids is 1. The molecule has 6 heteroatoms. The number of halogens is 1. The van der Waals surface area contributed by atoms with E-state index in [2.05, 4.69) is 5.32 Å². The standard InChI is InChI=1S/C19H18FNO4/c1-11-15-8-14(24-2)4-6-17(15)25-18(11)19(23)21-9-12-3-5-16(20)13(7-12)10-22/h3-8,22H,9-10H2,1-2H3,(H,21,23). The number of amides is 1. The van der Waals surface area contributed by atoms with Crippen LogP contribution in [0.15, 0.2) is 40.8 Å². The second-order valence-electron chi connectivity index (χ2n) is 5.68. The summed E-state index contributed by atoms with van der Waals surface area (Å²) in [6, 6.07) is 9.69. The van der Waals surface area contributed by atoms with Crippen LogP contribution in [0.4, 0.5) is 4.39 Å². The third kappa shape index (κ3) is 3.34. The Hall–Kier alpha value is -2.86. The van der Waals surface area contributed by atoms with Gasteiger partial charge in [-0.15, -0.1) is 0 Å². The summed E-state index contributed by atoms with van der Waals surface area (Å²) in [4.78, 5) is 12.4. The Bertz CT molecular complexity index is 933. The topological polar surface area (TPSA) is 71.7 Å². The van der Waals surface area contributed by atoms with Gasteiger partial charge in [0.1, 0.15) is 17.1 Å². The van der Waals surface area contributed by atoms with E-state index in [-0.39, 0.29) is 23.8 Å². The van der Waals surface area contributed by atoms with Crippen LogP contribution >= 0.6 is 0 Å². The maximum atomic E-state index is 13.4. The van der Waals surface area contributed by atoms with Crippen molar-refractivity contribution in [2.45, 2.75) is 20.1 Å². The van der Waals surface area contributed by atoms with Crippen molar-refractivity contribution in [1.29, 1.82) is 0 Å². The van der Waals surface area contributed by atoms with Gasteiger partial charge in [0.15, 0.2) is 5.76 Å². The number of hydrogen-bond donors (Lipinski definition) is 2. The number of aryl methyl sites for hydroxylation is 1. The van der Waals surface area contributed by atoms with Gasteiger partial charge in [0.05, 0.1) is 13.7 Å². The van der Waals surface area contributed by atoms with Gasteiger partial charge in [-0.1, -0.05) is 6.07 Å². The van der Waals surface area contributed by atoms with Crippen LogP contribution in [-0.4, -0.2) is 18.1 Å². The van der Waals surface area contributed by atoms with Gasteiger partial charge in [0.2, 0.25) is 0 Å². The first kappa shape index (κ1) is 17.0. The van der Waals surface area contributed by atoms with Crippen LogP contribution in [0, 0.1) is 12.7 Å². The maximum Gasteiger partial charge on any atom is 0.287 e. The summed E-state index contributed by atoms with van der Waals surface area (Å²) in [5.74, 6) is 0.0844. The highest BCUT2D eigenvalue weighted by Crippen LogP contribution is 2.28. The van der Waals surface area contributed by atoms with Crippen molar-refractivity contribution >= 4 is 16.9 Å². The Morgan fingerprint density at radius 1 is 1.28 bits per heavy atom. The van der Waals surface area contributed by atoms with Crippen molar-refractivity contribution in [2.75, 3.05) is 7.11 Å². The summed E-state index contributed by atoms with van der Waals surface area (Å²) in [5, 5.41) is 12.7. The zero-order valence-corrected chi connectivity index (χ0v) is 13.9. The fraction of sp³-hybridized carbons (Fsp3) is 0.211. The second kappa shape index (κ2) is 6.94. The number of hydrogen-bond acceptors (Lipinski definition) is 4. The number of ether oxygens (including phenoxy) is 1. The van der Waals surface area contributed by atoms with Crippen LogP contribution in [-0.2, 0) is 13.2 Å². The quantitative estimate of drug-likeness (QED) is 0.745. The van der Waals surface area contributed by atoms with Crippen LogP contribution in [0.2, 0.25) is 0 Å². The molecule has 1 aromatic heterocycles. The summed E-state index contributed by atoms with van der Waals surface area (Å²) >= 11 is 0. The van der Waals surface area contributed by atoms with Crippen LogP contribution in [0.1, 0.15) is 27.2 Å². The number of aliphatic hydroxyl groups excluding tert-OH is 1. The molecule has 0 aliphatic carbocycles. The van der Waals surface area contributed by atoms with Crippen molar-refractivity contribution in [2.24, 2.45) is 0 Å². The molecule has 0 radical (unpaired) electrons. The summed E-state index contributed by atoms with van der Waals surface area (Å²) < 4.78 is 24.2. The van der Waals surface area contributed by atoms with E-state index in [0.29, 0.717) is 16.9 Å². The molecule has 2 aromatic carbocycles. The highest BCUT2D eigenvalue weighted by atomic mass is 19.1. The summed E-state index contributed by atoms with van der Waals surface area (Å²) in [6.45, 7) is 1.62. The third-order valence-electron chi connectivity index (χ3n) is 4.08. The number of nitrogens with one attached hydrogen (secondary N) is 1. The molecule has 0 fully saturated rings. The lowest BCUT2D eigenvalue weighted by atomic mass is 10.1. The monoisotopic (exact) mass is 343 g/mol. The minimum Gasteiger partial charge on any atom is -0.497 e. The highest BCUT2D eigenvalue weighted by Gasteiger charge is 2.18. The Morgan fingerprint density at radius 3 is 2.80 bits per heavy atom. The molecule has 5 nitrogen and oxygen atoms in total. The molecule has 0 bridgehead atoms. The lowest BCUT2D eigenvalue weighted by molar-refractivity contribution is 0.0924. The van der Waals surface area contributed by atoms with Crippen molar-refractivity contribution in [3.8, 4) is 5.75 Å². The average molecular weight is 343 g/mol. The first-order chi connectivity index (χ1) is 12.0. The average Bonchev–Trinajstić information content (AvgIpc) is 2.97. The fourth-order valence-electron chi connectivity index (χ4n) is 2.67. The Balaban J connectivity index is 1.79. The predicted molar refractivity (Wildman–Crippen MR) is 91.0 cm³/mol. The van der Waals surface area contributed by atoms with E-state index in [1.807, 2.05) is 13.0 Å². The molecule has 3 rings (SSSR count). The van der Waals surface area contributed by atoms with Gasteiger partial charge < -0.3 is 19.6 Å². The van der Waals surface area contributed by atoms with Crippen LogP contribution in [0.25, 0.3) is 11.0 Å². The molecule has 0 aliphatic rings. The lowest BCUT2D eigenvalue weighted by Crippen LogP contribution is -2.23. The molecule has 0 saturated carbocycles. The van der Waals surface area contributed by atoms with Crippen LogP contribution in [0.5, 0.6) is 5.75 Å². The third-order valence-corrected chi connectivity index (χ3v) is 4.08. The molecular formula is C19H18FNO4. The van der Waals surface area contributed by atoms with Crippen LogP contribution < -0.4 is 10.1 Å². The number of benzene rings is 2. The van der Waals surface area contributed by atoms with E-state index in [1.165, 1.54) is 12.1 Å². The lowest BCUT2D eigenvalue weighted by Gasteiger charge is -2.06. The van der Waals surface area contributed by atoms with Crippen molar-refractivity contribution in [3.63, 3.8) is 0 Å². The van der Waals surface area contributed by atoms with Gasteiger partial charge in [0, 0.05) is 23.1 Å². The predicted octanol–water partition coefficient (Wildman–Crippen LogP) is 3.31. The summed E-state index contributed by atoms with van der Waals surface area (Å²) in [7, 11) is 1.58. The van der Waals surface area contributed by atoms with Crippen molar-refractivity contribution in [3.05, 3.63) is 64.7 Å². The zero-order valence-electron chi connectivity index (χ0n) is 13.9. The summed E-state index contributed by atoms with van der Waals surface area (Å²) in [5.41, 5.74) is 2.21. The SMILES string of the molecule is COc1ccc2oc(C(=O)NCc3ccc(F)c(CO)c3)c(C)c2c1. The van der Waals surface area contributed by atoms with Crippen molar-refractivity contribution < 1.29 is 23.4 Å². The van der Waals surface area contributed by atoms with E-state index in [9.17, 15) is 9.18 Å². The second-order valence-corrected chi connectivity index (χ2v) is 5.68. The van der Waals surface area contributed by atoms with Gasteiger partial charge in [-0.05, 0) is 42.8 Å². The molecule has 25 heavy (non-hydrogen) atoms. The van der Waals surface area contributed by atoms with Crippen molar-refractivity contribution in [1.82, 2.24) is 5.32 Å². The molecule has 1 amide bonds. The molecule has 130 valence electrons. The molecule has 3 aromatic rings. The van der Waals surface area contributed by atoms with Crippen LogP contribution in [0.3, 0.4) is 0 Å². The fourth-order valence-corrected chi connectivity index (χ4v) is 2.67. The first-order valence-corrected chi connectivity index (χ1v) is 7.77. The zero-order chi connectivity index (χ0) is 18.0. The Labute approximate surface area is 144 Å². The molecule has 0 aliphatic heterocycles.